The van der Waals surface area contributed by atoms with Gasteiger partial charge >= 0.3 is 6.16 Å². The van der Waals surface area contributed by atoms with Gasteiger partial charge in [-0.15, -0.1) is 5.10 Å². The van der Waals surface area contributed by atoms with Crippen molar-refractivity contribution in [3.8, 4) is 28.8 Å². The van der Waals surface area contributed by atoms with Gasteiger partial charge < -0.3 is 29.4 Å². The Morgan fingerprint density at radius 1 is 1.00 bits per heavy atom. The van der Waals surface area contributed by atoms with E-state index in [2.05, 4.69) is 51.7 Å². The summed E-state index contributed by atoms with van der Waals surface area (Å²) in [7, 11) is -2.98. The Kier molecular flexibility index (Phi) is 13.5. The molecule has 0 spiro atoms. The van der Waals surface area contributed by atoms with Gasteiger partial charge in [-0.25, -0.2) is 24.7 Å². The summed E-state index contributed by atoms with van der Waals surface area (Å²) in [6.07, 6.45) is 1.74. The Labute approximate surface area is 318 Å². The van der Waals surface area contributed by atoms with Crippen molar-refractivity contribution < 1.29 is 52.1 Å². The first-order valence-electron chi connectivity index (χ1n) is 16.0. The molecule has 5 rings (SSSR count). The van der Waals surface area contributed by atoms with E-state index in [9.17, 15) is 13.2 Å². The third-order valence-electron chi connectivity index (χ3n) is 7.05. The predicted octanol–water partition coefficient (Wildman–Crippen LogP) is 3.27. The number of methoxy groups -OCH3 is 1. The maximum Gasteiger partial charge on any atom is 0.513 e. The fraction of sp³-hybridized carbons (Fsp3) is 0.147. The van der Waals surface area contributed by atoms with Gasteiger partial charge in [-0.1, -0.05) is 36.9 Å². The van der Waals surface area contributed by atoms with Crippen molar-refractivity contribution in [1.82, 2.24) is 40.7 Å². The zero-order valence-corrected chi connectivity index (χ0v) is 30.4. The predicted molar refractivity (Wildman–Crippen MR) is 193 cm³/mol. The number of rotatable bonds is 17. The molecule has 5 aromatic rings. The minimum Gasteiger partial charge on any atom is -0.493 e. The SMILES string of the molecule is C=C(/N=C(OCCOC(=O)Oc1ccc(CON(O)O)cc1)\C(Oc1ccccc1OC)=C(/N)NS(=O)(=O)c1ccc(C)cn1)c1ccnc(-c2nnn[nH]2)c1. The maximum absolute atomic E-state index is 13.4. The van der Waals surface area contributed by atoms with E-state index in [0.29, 0.717) is 16.8 Å². The van der Waals surface area contributed by atoms with Crippen molar-refractivity contribution >= 4 is 27.8 Å². The number of aromatic nitrogens is 6. The van der Waals surface area contributed by atoms with E-state index in [-0.39, 0.29) is 47.0 Å². The molecule has 292 valence electrons. The molecule has 0 bridgehead atoms. The van der Waals surface area contributed by atoms with Crippen LogP contribution in [0.1, 0.15) is 16.7 Å². The van der Waals surface area contributed by atoms with Gasteiger partial charge in [0.25, 0.3) is 15.9 Å². The minimum absolute atomic E-state index is 0.0629. The normalized spacial score (nSPS) is 12.1. The summed E-state index contributed by atoms with van der Waals surface area (Å²) in [5, 5.41) is 30.2. The molecule has 0 radical (unpaired) electrons. The van der Waals surface area contributed by atoms with Gasteiger partial charge in [0, 0.05) is 18.0 Å². The number of tetrazole rings is 1. The molecule has 0 saturated carbocycles. The molecule has 0 aliphatic rings. The molecule has 0 atom stereocenters. The molecule has 3 heterocycles. The third kappa shape index (κ3) is 11.3. The summed E-state index contributed by atoms with van der Waals surface area (Å²) in [5.74, 6) is -0.707. The third-order valence-corrected chi connectivity index (χ3v) is 8.34. The lowest BCUT2D eigenvalue weighted by atomic mass is 10.2. The van der Waals surface area contributed by atoms with E-state index < -0.39 is 45.7 Å². The van der Waals surface area contributed by atoms with Gasteiger partial charge in [0.15, 0.2) is 28.2 Å². The first-order valence-corrected chi connectivity index (χ1v) is 17.5. The standard InChI is InChI=1S/C34H34N10O11S/c1-21-8-13-29(37-19-21)56(48,49)41-31(35)30(55-28-7-5-4-6-27(28)50-3)33(38-22(2)24-14-15-36-26(18-24)32-39-42-43-40-32)51-16-17-52-34(45)54-25-11-9-23(10-12-25)20-53-44(46)47/h4-15,18-19,41,46-47H,2,16-17,20,35H2,1,3H3,(H,39,40,42,43)/b31-30-,38-33+. The Hall–Kier alpha value is -6.98. The van der Waals surface area contributed by atoms with Crippen molar-refractivity contribution in [1.29, 1.82) is 0 Å². The number of benzene rings is 2. The molecule has 0 aliphatic carbocycles. The van der Waals surface area contributed by atoms with Crippen LogP contribution in [-0.2, 0) is 30.9 Å². The summed E-state index contributed by atoms with van der Waals surface area (Å²) in [6.45, 7) is 4.82. The quantitative estimate of drug-likeness (QED) is 0.0172. The second-order valence-electron chi connectivity index (χ2n) is 11.0. The second-order valence-corrected chi connectivity index (χ2v) is 12.7. The average Bonchev–Trinajstić information content (AvgIpc) is 3.73. The Bertz CT molecular complexity index is 2290. The average molecular weight is 791 g/mol. The van der Waals surface area contributed by atoms with Crippen LogP contribution in [0.25, 0.3) is 17.2 Å². The maximum atomic E-state index is 13.4. The number of H-pyrrole nitrogens is 1. The highest BCUT2D eigenvalue weighted by Gasteiger charge is 2.25. The highest BCUT2D eigenvalue weighted by atomic mass is 32.2. The molecule has 0 fully saturated rings. The molecule has 0 unspecified atom stereocenters. The number of nitrogens with two attached hydrogens (primary N) is 1. The van der Waals surface area contributed by atoms with Crippen LogP contribution < -0.4 is 24.7 Å². The number of aromatic amines is 1. The summed E-state index contributed by atoms with van der Waals surface area (Å²) in [5.41, 5.74) is 8.51. The molecule has 22 heteroatoms. The largest absolute Gasteiger partial charge is 0.513 e. The molecule has 21 nitrogen and oxygen atoms in total. The van der Waals surface area contributed by atoms with Crippen LogP contribution in [0.15, 0.2) is 113 Å². The number of pyridine rings is 2. The molecular weight excluding hydrogens is 756 g/mol. The van der Waals surface area contributed by atoms with Crippen molar-refractivity contribution in [3.05, 3.63) is 120 Å². The number of hydrogen-bond donors (Lipinski definition) is 5. The Morgan fingerprint density at radius 2 is 1.75 bits per heavy atom. The Morgan fingerprint density at radius 3 is 2.43 bits per heavy atom. The molecule has 0 aliphatic heterocycles. The van der Waals surface area contributed by atoms with Crippen LogP contribution in [0.3, 0.4) is 0 Å². The van der Waals surface area contributed by atoms with Gasteiger partial charge in [0.05, 0.1) is 24.8 Å². The lowest BCUT2D eigenvalue weighted by Crippen LogP contribution is -2.33. The highest BCUT2D eigenvalue weighted by molar-refractivity contribution is 7.89. The summed E-state index contributed by atoms with van der Waals surface area (Å²) in [4.78, 5) is 29.8. The number of hydrogen-bond acceptors (Lipinski definition) is 19. The Balaban J connectivity index is 1.44. The molecule has 3 aromatic heterocycles. The molecule has 56 heavy (non-hydrogen) atoms. The number of aliphatic imine (C=N–C) groups is 1. The summed E-state index contributed by atoms with van der Waals surface area (Å²) < 4.78 is 57.0. The van der Waals surface area contributed by atoms with Crippen LogP contribution in [0.5, 0.6) is 17.2 Å². The zero-order chi connectivity index (χ0) is 40.1. The number of nitrogens with one attached hydrogen (secondary N) is 2. The highest BCUT2D eigenvalue weighted by Crippen LogP contribution is 2.29. The monoisotopic (exact) mass is 790 g/mol. The van der Waals surface area contributed by atoms with E-state index >= 15 is 0 Å². The van der Waals surface area contributed by atoms with Crippen LogP contribution in [0.4, 0.5) is 4.79 Å². The second kappa shape index (κ2) is 18.9. The molecule has 2 aromatic carbocycles. The van der Waals surface area contributed by atoms with Crippen molar-refractivity contribution in [2.45, 2.75) is 18.6 Å². The lowest BCUT2D eigenvalue weighted by molar-refractivity contribution is -0.497. The first kappa shape index (κ1) is 40.2. The van der Waals surface area contributed by atoms with Crippen LogP contribution >= 0.6 is 0 Å². The lowest BCUT2D eigenvalue weighted by Gasteiger charge is -2.19. The zero-order valence-electron chi connectivity index (χ0n) is 29.6. The number of ether oxygens (including phenoxy) is 5. The van der Waals surface area contributed by atoms with Gasteiger partial charge in [0.1, 0.15) is 24.7 Å². The van der Waals surface area contributed by atoms with E-state index in [0.717, 1.165) is 5.56 Å². The van der Waals surface area contributed by atoms with Crippen LogP contribution in [0.2, 0.25) is 0 Å². The van der Waals surface area contributed by atoms with Gasteiger partial charge in [-0.05, 0) is 70.9 Å². The number of carbonyl (C=O) groups excluding carboxylic acids is 1. The number of para-hydroxylation sites is 2. The van der Waals surface area contributed by atoms with E-state index in [1.807, 2.05) is 0 Å². The van der Waals surface area contributed by atoms with Crippen molar-refractivity contribution in [3.63, 3.8) is 0 Å². The molecule has 0 amide bonds. The van der Waals surface area contributed by atoms with E-state index in [1.165, 1.54) is 55.9 Å². The first-order chi connectivity index (χ1) is 26.9. The number of carbonyl (C=O) groups is 1. The number of aryl methyl sites for hydroxylation is 1. The minimum atomic E-state index is -4.39. The van der Waals surface area contributed by atoms with E-state index in [4.69, 9.17) is 39.8 Å². The van der Waals surface area contributed by atoms with Crippen LogP contribution in [0, 0.1) is 6.92 Å². The molecule has 6 N–H and O–H groups in total. The van der Waals surface area contributed by atoms with Gasteiger partial charge in [-0.2, -0.15) is 8.42 Å². The molecular formula is C34H34N10O11S. The van der Waals surface area contributed by atoms with Gasteiger partial charge in [0.2, 0.25) is 5.76 Å². The van der Waals surface area contributed by atoms with Crippen LogP contribution in [-0.4, -0.2) is 87.2 Å². The molecule has 0 saturated heterocycles. The topological polar surface area (TPSA) is 281 Å². The summed E-state index contributed by atoms with van der Waals surface area (Å²) >= 11 is 0. The summed E-state index contributed by atoms with van der Waals surface area (Å²) in [6, 6.07) is 18.4. The fourth-order valence-corrected chi connectivity index (χ4v) is 5.33. The fourth-order valence-electron chi connectivity index (χ4n) is 4.40. The smallest absolute Gasteiger partial charge is 0.493 e. The number of sulfonamides is 1. The van der Waals surface area contributed by atoms with Gasteiger partial charge in [-0.3, -0.25) is 20.1 Å². The van der Waals surface area contributed by atoms with Crippen molar-refractivity contribution in [2.24, 2.45) is 10.7 Å². The van der Waals surface area contributed by atoms with Crippen molar-refractivity contribution in [2.75, 3.05) is 20.3 Å². The van der Waals surface area contributed by atoms with E-state index in [1.54, 1.807) is 43.3 Å². The number of nitrogens with zero attached hydrogens (tertiary/aromatic N) is 7.